The molecular weight excluding hydrogens is 206 g/mol. The summed E-state index contributed by atoms with van der Waals surface area (Å²) in [5.74, 6) is 0. The molecule has 1 nitrogen and oxygen atoms in total. The summed E-state index contributed by atoms with van der Waals surface area (Å²) in [6.07, 6.45) is 5.11. The molecule has 0 aliphatic heterocycles. The van der Waals surface area contributed by atoms with Crippen LogP contribution in [0.4, 0.5) is 0 Å². The normalized spacial score (nSPS) is 12.8. The topological polar surface area (TPSA) is 26.0 Å². The smallest absolute Gasteiger partial charge is 0.0329 e. The fourth-order valence-electron chi connectivity index (χ4n) is 1.75. The molecule has 0 bridgehead atoms. The van der Waals surface area contributed by atoms with Crippen LogP contribution in [0.25, 0.3) is 6.08 Å². The zero-order chi connectivity index (χ0) is 11.9. The van der Waals surface area contributed by atoms with Crippen molar-refractivity contribution in [1.82, 2.24) is 0 Å². The Morgan fingerprint density at radius 2 is 1.47 bits per heavy atom. The highest BCUT2D eigenvalue weighted by Gasteiger charge is 2.01. The maximum Gasteiger partial charge on any atom is 0.0329 e. The van der Waals surface area contributed by atoms with E-state index >= 15 is 0 Å². The van der Waals surface area contributed by atoms with E-state index in [1.165, 1.54) is 11.1 Å². The lowest BCUT2D eigenvalue weighted by Gasteiger charge is -2.08. The quantitative estimate of drug-likeness (QED) is 0.838. The molecule has 0 radical (unpaired) electrons. The van der Waals surface area contributed by atoms with Crippen LogP contribution in [-0.2, 0) is 0 Å². The lowest BCUT2D eigenvalue weighted by Crippen LogP contribution is -2.08. The van der Waals surface area contributed by atoms with Crippen molar-refractivity contribution in [1.29, 1.82) is 0 Å². The Morgan fingerprint density at radius 1 is 0.882 bits per heavy atom. The monoisotopic (exact) mass is 223 g/mol. The van der Waals surface area contributed by atoms with Gasteiger partial charge in [-0.05, 0) is 17.5 Å². The van der Waals surface area contributed by atoms with Crippen molar-refractivity contribution in [3.05, 3.63) is 77.9 Å². The summed E-state index contributed by atoms with van der Waals surface area (Å²) in [6.45, 7) is 0. The van der Waals surface area contributed by atoms with Crippen LogP contribution in [0.5, 0.6) is 0 Å². The molecule has 0 spiro atoms. The standard InChI is InChI=1S/C16H17N/c17-16(15-11-5-2-6-12-15)13-7-10-14-8-3-1-4-9-14/h1-12,16H,13,17H2/b10-7+/t16-/m0/s1. The third-order valence-corrected chi connectivity index (χ3v) is 2.73. The van der Waals surface area contributed by atoms with Gasteiger partial charge in [0.1, 0.15) is 0 Å². The summed E-state index contributed by atoms with van der Waals surface area (Å²) in [6, 6.07) is 20.6. The van der Waals surface area contributed by atoms with E-state index in [4.69, 9.17) is 5.73 Å². The van der Waals surface area contributed by atoms with Crippen LogP contribution < -0.4 is 5.73 Å². The Kier molecular flexibility index (Phi) is 4.11. The van der Waals surface area contributed by atoms with Crippen molar-refractivity contribution >= 4 is 6.08 Å². The van der Waals surface area contributed by atoms with Gasteiger partial charge in [0.05, 0.1) is 0 Å². The second-order valence-corrected chi connectivity index (χ2v) is 4.07. The summed E-state index contributed by atoms with van der Waals surface area (Å²) in [7, 11) is 0. The van der Waals surface area contributed by atoms with Crippen LogP contribution in [0.2, 0.25) is 0 Å². The second kappa shape index (κ2) is 6.02. The van der Waals surface area contributed by atoms with Crippen molar-refractivity contribution in [2.45, 2.75) is 12.5 Å². The van der Waals surface area contributed by atoms with E-state index in [0.29, 0.717) is 0 Å². The minimum atomic E-state index is 0.0798. The molecule has 0 fully saturated rings. The molecule has 2 rings (SSSR count). The molecule has 0 unspecified atom stereocenters. The molecule has 0 amide bonds. The Hall–Kier alpha value is -1.86. The van der Waals surface area contributed by atoms with Crippen molar-refractivity contribution in [2.75, 3.05) is 0 Å². The molecule has 17 heavy (non-hydrogen) atoms. The Balaban J connectivity index is 1.93. The minimum absolute atomic E-state index is 0.0798. The van der Waals surface area contributed by atoms with E-state index in [1.807, 2.05) is 36.4 Å². The molecule has 0 aliphatic carbocycles. The number of hydrogen-bond donors (Lipinski definition) is 1. The van der Waals surface area contributed by atoms with Crippen molar-refractivity contribution < 1.29 is 0 Å². The van der Waals surface area contributed by atoms with Gasteiger partial charge in [0, 0.05) is 6.04 Å². The van der Waals surface area contributed by atoms with Gasteiger partial charge in [0.2, 0.25) is 0 Å². The van der Waals surface area contributed by atoms with Crippen LogP contribution in [0.3, 0.4) is 0 Å². The Labute approximate surface area is 103 Å². The fourth-order valence-corrected chi connectivity index (χ4v) is 1.75. The molecule has 0 aliphatic rings. The first kappa shape index (κ1) is 11.6. The molecule has 86 valence electrons. The van der Waals surface area contributed by atoms with Crippen LogP contribution in [-0.4, -0.2) is 0 Å². The minimum Gasteiger partial charge on any atom is -0.324 e. The van der Waals surface area contributed by atoms with Crippen LogP contribution in [0.15, 0.2) is 66.7 Å². The summed E-state index contributed by atoms with van der Waals surface area (Å²) < 4.78 is 0. The molecule has 2 aromatic rings. The first-order valence-electron chi connectivity index (χ1n) is 5.88. The van der Waals surface area contributed by atoms with E-state index in [1.54, 1.807) is 0 Å². The van der Waals surface area contributed by atoms with Crippen LogP contribution in [0.1, 0.15) is 23.6 Å². The van der Waals surface area contributed by atoms with Gasteiger partial charge < -0.3 is 5.73 Å². The van der Waals surface area contributed by atoms with Gasteiger partial charge in [-0.25, -0.2) is 0 Å². The third-order valence-electron chi connectivity index (χ3n) is 2.73. The zero-order valence-corrected chi connectivity index (χ0v) is 9.79. The molecule has 0 aromatic heterocycles. The molecule has 0 saturated heterocycles. The van der Waals surface area contributed by atoms with E-state index in [9.17, 15) is 0 Å². The maximum absolute atomic E-state index is 6.11. The van der Waals surface area contributed by atoms with E-state index in [-0.39, 0.29) is 6.04 Å². The highest BCUT2D eigenvalue weighted by atomic mass is 14.6. The predicted molar refractivity (Wildman–Crippen MR) is 73.5 cm³/mol. The number of nitrogens with two attached hydrogens (primary N) is 1. The van der Waals surface area contributed by atoms with Gasteiger partial charge in [0.15, 0.2) is 0 Å². The first-order chi connectivity index (χ1) is 8.36. The molecule has 1 heteroatoms. The van der Waals surface area contributed by atoms with Crippen LogP contribution in [0, 0.1) is 0 Å². The molecule has 2 aromatic carbocycles. The highest BCUT2D eigenvalue weighted by Crippen LogP contribution is 2.14. The average Bonchev–Trinajstić information content (AvgIpc) is 2.41. The maximum atomic E-state index is 6.11. The number of hydrogen-bond acceptors (Lipinski definition) is 1. The lowest BCUT2D eigenvalue weighted by molar-refractivity contribution is 0.742. The number of benzene rings is 2. The van der Waals surface area contributed by atoms with Crippen LogP contribution >= 0.6 is 0 Å². The highest BCUT2D eigenvalue weighted by molar-refractivity contribution is 5.48. The predicted octanol–water partition coefficient (Wildman–Crippen LogP) is 3.79. The lowest BCUT2D eigenvalue weighted by atomic mass is 10.0. The van der Waals surface area contributed by atoms with E-state index in [2.05, 4.69) is 36.4 Å². The number of rotatable bonds is 4. The molecule has 1 atom stereocenters. The SMILES string of the molecule is N[C@@H](C/C=C/c1ccccc1)c1ccccc1. The molecule has 0 saturated carbocycles. The first-order valence-corrected chi connectivity index (χ1v) is 5.88. The fraction of sp³-hybridized carbons (Fsp3) is 0.125. The Bertz CT molecular complexity index is 459. The van der Waals surface area contributed by atoms with Gasteiger partial charge in [-0.15, -0.1) is 0 Å². The van der Waals surface area contributed by atoms with Gasteiger partial charge in [-0.2, -0.15) is 0 Å². The molecule has 2 N–H and O–H groups in total. The van der Waals surface area contributed by atoms with Gasteiger partial charge in [-0.3, -0.25) is 0 Å². The van der Waals surface area contributed by atoms with Gasteiger partial charge in [0.25, 0.3) is 0 Å². The average molecular weight is 223 g/mol. The zero-order valence-electron chi connectivity index (χ0n) is 9.79. The van der Waals surface area contributed by atoms with E-state index in [0.717, 1.165) is 6.42 Å². The molecular formula is C16H17N. The second-order valence-electron chi connectivity index (χ2n) is 4.07. The van der Waals surface area contributed by atoms with Gasteiger partial charge in [-0.1, -0.05) is 72.8 Å². The Morgan fingerprint density at radius 3 is 2.12 bits per heavy atom. The summed E-state index contributed by atoms with van der Waals surface area (Å²) in [5.41, 5.74) is 8.51. The van der Waals surface area contributed by atoms with Crippen molar-refractivity contribution in [2.24, 2.45) is 5.73 Å². The molecule has 0 heterocycles. The third kappa shape index (κ3) is 3.58. The van der Waals surface area contributed by atoms with Gasteiger partial charge >= 0.3 is 0 Å². The van der Waals surface area contributed by atoms with Crippen molar-refractivity contribution in [3.8, 4) is 0 Å². The summed E-state index contributed by atoms with van der Waals surface area (Å²) in [4.78, 5) is 0. The summed E-state index contributed by atoms with van der Waals surface area (Å²) >= 11 is 0. The largest absolute Gasteiger partial charge is 0.324 e. The summed E-state index contributed by atoms with van der Waals surface area (Å²) in [5, 5.41) is 0. The van der Waals surface area contributed by atoms with E-state index < -0.39 is 0 Å². The van der Waals surface area contributed by atoms with Crippen molar-refractivity contribution in [3.63, 3.8) is 0 Å².